The number of hydrogen-bond donors (Lipinski definition) is 0. The minimum Gasteiger partial charge on any atom is -0.469 e. The van der Waals surface area contributed by atoms with Crippen LogP contribution in [-0.2, 0) is 19.6 Å². The van der Waals surface area contributed by atoms with Crippen LogP contribution in [0.2, 0.25) is 0 Å². The molecule has 0 amide bonds. The number of halogens is 1. The zero-order valence-electron chi connectivity index (χ0n) is 12.0. The summed E-state index contributed by atoms with van der Waals surface area (Å²) in [5, 5.41) is 0. The van der Waals surface area contributed by atoms with Gasteiger partial charge in [-0.25, -0.2) is 8.42 Å². The lowest BCUT2D eigenvalue weighted by molar-refractivity contribution is -0.146. The van der Waals surface area contributed by atoms with Crippen LogP contribution in [0.25, 0.3) is 0 Å². The van der Waals surface area contributed by atoms with Gasteiger partial charge in [0, 0.05) is 17.6 Å². The summed E-state index contributed by atoms with van der Waals surface area (Å²) in [6, 6.07) is 5.13. The molecular formula is C14H18BrNO4S. The highest BCUT2D eigenvalue weighted by atomic mass is 79.9. The molecule has 116 valence electrons. The molecule has 2 rings (SSSR count). The molecular weight excluding hydrogens is 358 g/mol. The van der Waals surface area contributed by atoms with Crippen LogP contribution in [0.3, 0.4) is 0 Å². The first-order valence-electron chi connectivity index (χ1n) is 6.70. The van der Waals surface area contributed by atoms with Crippen molar-refractivity contribution in [3.63, 3.8) is 0 Å². The van der Waals surface area contributed by atoms with Crippen LogP contribution >= 0.6 is 15.9 Å². The molecule has 0 saturated carbocycles. The van der Waals surface area contributed by atoms with Gasteiger partial charge in [0.25, 0.3) is 0 Å². The Morgan fingerprint density at radius 2 is 2.14 bits per heavy atom. The van der Waals surface area contributed by atoms with E-state index in [1.54, 1.807) is 18.2 Å². The Morgan fingerprint density at radius 1 is 1.43 bits per heavy atom. The lowest BCUT2D eigenvalue weighted by atomic mass is 10.0. The molecule has 5 nitrogen and oxygen atoms in total. The Hall–Kier alpha value is -0.920. The molecule has 0 aliphatic carbocycles. The van der Waals surface area contributed by atoms with E-state index in [9.17, 15) is 13.2 Å². The van der Waals surface area contributed by atoms with Crippen molar-refractivity contribution in [2.24, 2.45) is 5.92 Å². The first kappa shape index (κ1) is 16.5. The van der Waals surface area contributed by atoms with Crippen LogP contribution < -0.4 is 0 Å². The Morgan fingerprint density at radius 3 is 2.76 bits per heavy atom. The van der Waals surface area contributed by atoms with Crippen LogP contribution in [0, 0.1) is 12.8 Å². The molecule has 0 unspecified atom stereocenters. The summed E-state index contributed by atoms with van der Waals surface area (Å²) in [6.07, 6.45) is 1.32. The average Bonchev–Trinajstić information content (AvgIpc) is 2.46. The second kappa shape index (κ2) is 6.46. The van der Waals surface area contributed by atoms with Crippen molar-refractivity contribution >= 4 is 31.9 Å². The van der Waals surface area contributed by atoms with Gasteiger partial charge in [0.05, 0.1) is 17.9 Å². The number of hydrogen-bond acceptors (Lipinski definition) is 4. The van der Waals surface area contributed by atoms with E-state index in [1.807, 2.05) is 6.92 Å². The number of aryl methyl sites for hydroxylation is 1. The standard InChI is InChI=1S/C14H18BrNO4S/c1-10-5-6-13(12(15)8-10)21(18,19)16-7-3-4-11(9-16)14(17)20-2/h5-6,8,11H,3-4,7,9H2,1-2H3/t11-/m0/s1. The zero-order valence-corrected chi connectivity index (χ0v) is 14.4. The van der Waals surface area contributed by atoms with E-state index >= 15 is 0 Å². The zero-order chi connectivity index (χ0) is 15.6. The van der Waals surface area contributed by atoms with E-state index < -0.39 is 10.0 Å². The van der Waals surface area contributed by atoms with E-state index in [2.05, 4.69) is 15.9 Å². The van der Waals surface area contributed by atoms with E-state index in [0.29, 0.717) is 23.9 Å². The van der Waals surface area contributed by atoms with Gasteiger partial charge in [0.15, 0.2) is 0 Å². The highest BCUT2D eigenvalue weighted by Gasteiger charge is 2.34. The van der Waals surface area contributed by atoms with Crippen molar-refractivity contribution in [1.29, 1.82) is 0 Å². The molecule has 1 aromatic rings. The number of esters is 1. The van der Waals surface area contributed by atoms with Gasteiger partial charge in [-0.2, -0.15) is 4.31 Å². The van der Waals surface area contributed by atoms with Crippen LogP contribution in [0.15, 0.2) is 27.6 Å². The van der Waals surface area contributed by atoms with Gasteiger partial charge in [-0.3, -0.25) is 4.79 Å². The number of rotatable bonds is 3. The lowest BCUT2D eigenvalue weighted by Gasteiger charge is -2.30. The topological polar surface area (TPSA) is 63.7 Å². The molecule has 0 N–H and O–H groups in total. The average molecular weight is 376 g/mol. The number of carbonyl (C=O) groups is 1. The highest BCUT2D eigenvalue weighted by molar-refractivity contribution is 9.10. The van der Waals surface area contributed by atoms with Crippen LogP contribution in [0.4, 0.5) is 0 Å². The summed E-state index contributed by atoms with van der Waals surface area (Å²) < 4.78 is 32.1. The smallest absolute Gasteiger partial charge is 0.309 e. The molecule has 1 heterocycles. The molecule has 0 aromatic heterocycles. The monoisotopic (exact) mass is 375 g/mol. The quantitative estimate of drug-likeness (QED) is 0.760. The van der Waals surface area contributed by atoms with Gasteiger partial charge in [-0.1, -0.05) is 6.07 Å². The SMILES string of the molecule is COC(=O)[C@H]1CCCN(S(=O)(=O)c2ccc(C)cc2Br)C1. The van der Waals surface area contributed by atoms with Crippen molar-refractivity contribution in [2.75, 3.05) is 20.2 Å². The normalized spacial score (nSPS) is 20.2. The molecule has 1 fully saturated rings. The summed E-state index contributed by atoms with van der Waals surface area (Å²) in [5.74, 6) is -0.736. The number of sulfonamides is 1. The molecule has 0 radical (unpaired) electrons. The second-order valence-electron chi connectivity index (χ2n) is 5.16. The van der Waals surface area contributed by atoms with Crippen molar-refractivity contribution < 1.29 is 17.9 Å². The molecule has 0 bridgehead atoms. The van der Waals surface area contributed by atoms with Crippen molar-refractivity contribution in [3.05, 3.63) is 28.2 Å². The first-order valence-corrected chi connectivity index (χ1v) is 8.93. The number of ether oxygens (including phenoxy) is 1. The first-order chi connectivity index (χ1) is 9.86. The largest absolute Gasteiger partial charge is 0.469 e. The third-order valence-corrected chi connectivity index (χ3v) is 6.47. The molecule has 1 aliphatic rings. The molecule has 1 aromatic carbocycles. The molecule has 1 aliphatic heterocycles. The van der Waals surface area contributed by atoms with E-state index in [1.165, 1.54) is 11.4 Å². The van der Waals surface area contributed by atoms with Crippen LogP contribution in [-0.4, -0.2) is 38.9 Å². The van der Waals surface area contributed by atoms with Crippen molar-refractivity contribution in [3.8, 4) is 0 Å². The minimum absolute atomic E-state index is 0.176. The van der Waals surface area contributed by atoms with E-state index in [0.717, 1.165) is 5.56 Å². The highest BCUT2D eigenvalue weighted by Crippen LogP contribution is 2.29. The number of benzene rings is 1. The van der Waals surface area contributed by atoms with Crippen molar-refractivity contribution in [2.45, 2.75) is 24.7 Å². The predicted octanol–water partition coefficient (Wildman–Crippen LogP) is 2.33. The van der Waals surface area contributed by atoms with E-state index in [-0.39, 0.29) is 23.3 Å². The predicted molar refractivity (Wildman–Crippen MR) is 82.4 cm³/mol. The molecule has 1 atom stereocenters. The number of piperidine rings is 1. The Bertz CT molecular complexity index is 644. The third kappa shape index (κ3) is 3.46. The molecule has 0 spiro atoms. The third-order valence-electron chi connectivity index (χ3n) is 3.62. The summed E-state index contributed by atoms with van der Waals surface area (Å²) >= 11 is 3.31. The van der Waals surface area contributed by atoms with Gasteiger partial charge in [-0.05, 0) is 53.4 Å². The molecule has 21 heavy (non-hydrogen) atoms. The van der Waals surface area contributed by atoms with Gasteiger partial charge in [-0.15, -0.1) is 0 Å². The van der Waals surface area contributed by atoms with Crippen LogP contribution in [0.5, 0.6) is 0 Å². The Kier molecular flexibility index (Phi) is 5.06. The summed E-state index contributed by atoms with van der Waals surface area (Å²) in [5.41, 5.74) is 0.979. The van der Waals surface area contributed by atoms with Gasteiger partial charge >= 0.3 is 5.97 Å². The maximum Gasteiger partial charge on any atom is 0.309 e. The maximum absolute atomic E-state index is 12.7. The fourth-order valence-electron chi connectivity index (χ4n) is 2.47. The number of methoxy groups -OCH3 is 1. The van der Waals surface area contributed by atoms with Gasteiger partial charge in [0.1, 0.15) is 0 Å². The fourth-order valence-corrected chi connectivity index (χ4v) is 5.15. The van der Waals surface area contributed by atoms with Crippen molar-refractivity contribution in [1.82, 2.24) is 4.31 Å². The van der Waals surface area contributed by atoms with E-state index in [4.69, 9.17) is 4.74 Å². The summed E-state index contributed by atoms with van der Waals surface area (Å²) in [7, 11) is -2.28. The Balaban J connectivity index is 2.28. The number of carbonyl (C=O) groups excluding carboxylic acids is 1. The summed E-state index contributed by atoms with van der Waals surface area (Å²) in [4.78, 5) is 11.9. The van der Waals surface area contributed by atoms with Crippen LogP contribution in [0.1, 0.15) is 18.4 Å². The maximum atomic E-state index is 12.7. The molecule has 1 saturated heterocycles. The number of nitrogens with zero attached hydrogens (tertiary/aromatic N) is 1. The lowest BCUT2D eigenvalue weighted by Crippen LogP contribution is -2.42. The minimum atomic E-state index is -3.61. The Labute approximate surface area is 133 Å². The molecule has 7 heteroatoms. The summed E-state index contributed by atoms with van der Waals surface area (Å²) in [6.45, 7) is 2.50. The van der Waals surface area contributed by atoms with Gasteiger partial charge < -0.3 is 4.74 Å². The second-order valence-corrected chi connectivity index (χ2v) is 7.92. The van der Waals surface area contributed by atoms with Gasteiger partial charge in [0.2, 0.25) is 10.0 Å². The fraction of sp³-hybridized carbons (Fsp3) is 0.500.